The number of hydrogen-bond acceptors (Lipinski definition) is 4. The number of carbonyl (C=O) groups excluding carboxylic acids is 3. The molecule has 0 aliphatic heterocycles. The van der Waals surface area contributed by atoms with Crippen LogP contribution < -0.4 is 10.6 Å². The van der Waals surface area contributed by atoms with Crippen molar-refractivity contribution in [3.63, 3.8) is 0 Å². The number of rotatable bonds is 14. The first-order chi connectivity index (χ1) is 17.4. The number of unbranched alkanes of at least 4 members (excludes halogenated alkanes) is 3. The van der Waals surface area contributed by atoms with Crippen LogP contribution in [-0.2, 0) is 14.3 Å². The van der Waals surface area contributed by atoms with E-state index in [2.05, 4.69) is 24.5 Å². The third-order valence-electron chi connectivity index (χ3n) is 6.56. The van der Waals surface area contributed by atoms with Crippen molar-refractivity contribution in [3.05, 3.63) is 34.9 Å². The van der Waals surface area contributed by atoms with Gasteiger partial charge in [-0.25, -0.2) is 4.79 Å². The van der Waals surface area contributed by atoms with Crippen molar-refractivity contribution in [2.45, 2.75) is 119 Å². The van der Waals surface area contributed by atoms with Gasteiger partial charge >= 0.3 is 6.09 Å². The Balaban J connectivity index is 3.51. The summed E-state index contributed by atoms with van der Waals surface area (Å²) in [5.74, 6) is -0.589. The molecule has 7 heteroatoms. The van der Waals surface area contributed by atoms with E-state index in [1.807, 2.05) is 45.9 Å². The summed E-state index contributed by atoms with van der Waals surface area (Å²) < 4.78 is 5.48. The van der Waals surface area contributed by atoms with E-state index in [-0.39, 0.29) is 17.7 Å². The van der Waals surface area contributed by atoms with Gasteiger partial charge in [0.15, 0.2) is 0 Å². The SMILES string of the molecule is CCCCCNC(=O)C(c1cc(C)ccc1C)N(CCCC)C(=O)C(NC(=O)OC(C)(C)C)C(C)CC. The Kier molecular flexibility index (Phi) is 13.7. The molecule has 0 bridgehead atoms. The second-order valence-electron chi connectivity index (χ2n) is 11.2. The van der Waals surface area contributed by atoms with Crippen LogP contribution in [0.3, 0.4) is 0 Å². The molecule has 0 spiro atoms. The van der Waals surface area contributed by atoms with Crippen LogP contribution in [0.25, 0.3) is 0 Å². The third-order valence-corrected chi connectivity index (χ3v) is 6.56. The molecule has 3 unspecified atom stereocenters. The standard InChI is InChI=1S/C30H51N3O4/c1-10-13-15-18-31-27(34)26(24-20-21(4)16-17-23(24)6)33(19-14-11-2)28(35)25(22(5)12-3)32-29(36)37-30(7,8)9/h16-17,20,22,25-26H,10-15,18-19H2,1-9H3,(H,31,34)(H,32,36). The minimum absolute atomic E-state index is 0.143. The molecule has 3 amide bonds. The molecule has 0 heterocycles. The lowest BCUT2D eigenvalue weighted by atomic mass is 9.93. The predicted octanol–water partition coefficient (Wildman–Crippen LogP) is 6.22. The summed E-state index contributed by atoms with van der Waals surface area (Å²) in [5, 5.41) is 5.91. The van der Waals surface area contributed by atoms with E-state index in [1.54, 1.807) is 25.7 Å². The van der Waals surface area contributed by atoms with E-state index in [0.29, 0.717) is 19.5 Å². The van der Waals surface area contributed by atoms with Gasteiger partial charge in [0.1, 0.15) is 17.7 Å². The largest absolute Gasteiger partial charge is 0.444 e. The molecule has 0 fully saturated rings. The van der Waals surface area contributed by atoms with E-state index < -0.39 is 23.8 Å². The van der Waals surface area contributed by atoms with Crippen molar-refractivity contribution in [3.8, 4) is 0 Å². The van der Waals surface area contributed by atoms with Crippen LogP contribution >= 0.6 is 0 Å². The second-order valence-corrected chi connectivity index (χ2v) is 11.2. The van der Waals surface area contributed by atoms with E-state index in [9.17, 15) is 14.4 Å². The molecule has 1 rings (SSSR count). The van der Waals surface area contributed by atoms with Crippen molar-refractivity contribution in [2.75, 3.05) is 13.1 Å². The number of ether oxygens (including phenoxy) is 1. The zero-order valence-corrected chi connectivity index (χ0v) is 24.7. The van der Waals surface area contributed by atoms with E-state index in [4.69, 9.17) is 4.74 Å². The topological polar surface area (TPSA) is 87.7 Å². The molecular formula is C30H51N3O4. The highest BCUT2D eigenvalue weighted by atomic mass is 16.6. The summed E-state index contributed by atoms with van der Waals surface area (Å²) in [7, 11) is 0. The summed E-state index contributed by atoms with van der Waals surface area (Å²) in [4.78, 5) is 42.4. The van der Waals surface area contributed by atoms with Gasteiger partial charge in [0, 0.05) is 13.1 Å². The average Bonchev–Trinajstić information content (AvgIpc) is 2.82. The summed E-state index contributed by atoms with van der Waals surface area (Å²) in [6.07, 6.45) is 4.65. The predicted molar refractivity (Wildman–Crippen MR) is 150 cm³/mol. The van der Waals surface area contributed by atoms with Crippen molar-refractivity contribution < 1.29 is 19.1 Å². The highest BCUT2D eigenvalue weighted by Gasteiger charge is 2.38. The molecule has 2 N–H and O–H groups in total. The summed E-state index contributed by atoms with van der Waals surface area (Å²) in [5.41, 5.74) is 2.11. The lowest BCUT2D eigenvalue weighted by Crippen LogP contribution is -2.55. The molecule has 3 atom stereocenters. The number of carbonyl (C=O) groups is 3. The molecule has 0 aromatic heterocycles. The molecule has 0 radical (unpaired) electrons. The van der Waals surface area contributed by atoms with Crippen molar-refractivity contribution in [1.82, 2.24) is 15.5 Å². The Bertz CT molecular complexity index is 878. The fourth-order valence-corrected chi connectivity index (χ4v) is 4.18. The normalized spacial score (nSPS) is 13.9. The van der Waals surface area contributed by atoms with Crippen molar-refractivity contribution >= 4 is 17.9 Å². The molecule has 0 saturated heterocycles. The van der Waals surface area contributed by atoms with Gasteiger partial charge in [0.2, 0.25) is 11.8 Å². The van der Waals surface area contributed by atoms with E-state index in [1.165, 1.54) is 0 Å². The first-order valence-electron chi connectivity index (χ1n) is 14.0. The Labute approximate surface area is 225 Å². The van der Waals surface area contributed by atoms with Gasteiger partial charge < -0.3 is 20.3 Å². The molecule has 210 valence electrons. The van der Waals surface area contributed by atoms with Gasteiger partial charge in [-0.1, -0.05) is 77.1 Å². The average molecular weight is 518 g/mol. The number of benzene rings is 1. The minimum Gasteiger partial charge on any atom is -0.444 e. The van der Waals surface area contributed by atoms with Crippen LogP contribution in [-0.4, -0.2) is 47.5 Å². The Morgan fingerprint density at radius 1 is 1.00 bits per heavy atom. The molecule has 0 saturated carbocycles. The first-order valence-corrected chi connectivity index (χ1v) is 14.0. The summed E-state index contributed by atoms with van der Waals surface area (Å²) in [6, 6.07) is 4.41. The maximum atomic E-state index is 14.2. The maximum absolute atomic E-state index is 14.2. The number of alkyl carbamates (subject to hydrolysis) is 1. The lowest BCUT2D eigenvalue weighted by molar-refractivity contribution is -0.143. The molecule has 0 aliphatic carbocycles. The Morgan fingerprint density at radius 2 is 1.65 bits per heavy atom. The van der Waals surface area contributed by atoms with Gasteiger partial charge in [-0.2, -0.15) is 0 Å². The lowest BCUT2D eigenvalue weighted by Gasteiger charge is -2.36. The van der Waals surface area contributed by atoms with E-state index in [0.717, 1.165) is 48.8 Å². The van der Waals surface area contributed by atoms with Crippen molar-refractivity contribution in [2.24, 2.45) is 5.92 Å². The Hall–Kier alpha value is -2.57. The monoisotopic (exact) mass is 517 g/mol. The van der Waals surface area contributed by atoms with Gasteiger partial charge in [0.05, 0.1) is 0 Å². The maximum Gasteiger partial charge on any atom is 0.408 e. The molecule has 1 aromatic rings. The highest BCUT2D eigenvalue weighted by Crippen LogP contribution is 2.28. The van der Waals surface area contributed by atoms with Gasteiger partial charge in [0.25, 0.3) is 0 Å². The minimum atomic E-state index is -0.808. The van der Waals surface area contributed by atoms with Crippen LogP contribution in [0, 0.1) is 19.8 Å². The molecule has 7 nitrogen and oxygen atoms in total. The van der Waals surface area contributed by atoms with Crippen LogP contribution in [0.4, 0.5) is 4.79 Å². The fraction of sp³-hybridized carbons (Fsp3) is 0.700. The molecule has 37 heavy (non-hydrogen) atoms. The van der Waals surface area contributed by atoms with Crippen LogP contribution in [0.5, 0.6) is 0 Å². The number of amides is 3. The van der Waals surface area contributed by atoms with Gasteiger partial charge in [-0.3, -0.25) is 9.59 Å². The molecule has 0 aliphatic rings. The summed E-state index contributed by atoms with van der Waals surface area (Å²) >= 11 is 0. The zero-order valence-electron chi connectivity index (χ0n) is 24.7. The number of nitrogens with zero attached hydrogens (tertiary/aromatic N) is 1. The number of aryl methyl sites for hydroxylation is 2. The number of nitrogens with one attached hydrogen (secondary N) is 2. The third kappa shape index (κ3) is 10.7. The smallest absolute Gasteiger partial charge is 0.408 e. The Morgan fingerprint density at radius 3 is 2.22 bits per heavy atom. The van der Waals surface area contributed by atoms with Gasteiger partial charge in [-0.15, -0.1) is 0 Å². The molecular weight excluding hydrogens is 466 g/mol. The highest BCUT2D eigenvalue weighted by molar-refractivity contribution is 5.92. The molecule has 1 aromatic carbocycles. The second kappa shape index (κ2) is 15.6. The van der Waals surface area contributed by atoms with Gasteiger partial charge in [-0.05, 0) is 64.5 Å². The van der Waals surface area contributed by atoms with Crippen LogP contribution in [0.1, 0.15) is 110 Å². The zero-order chi connectivity index (χ0) is 28.2. The van der Waals surface area contributed by atoms with Crippen LogP contribution in [0.15, 0.2) is 18.2 Å². The van der Waals surface area contributed by atoms with Crippen molar-refractivity contribution in [1.29, 1.82) is 0 Å². The quantitative estimate of drug-likeness (QED) is 0.287. The van der Waals surface area contributed by atoms with E-state index >= 15 is 0 Å². The first kappa shape index (κ1) is 32.5. The van der Waals surface area contributed by atoms with Crippen LogP contribution in [0.2, 0.25) is 0 Å². The number of hydrogen-bond donors (Lipinski definition) is 2. The summed E-state index contributed by atoms with van der Waals surface area (Å²) in [6.45, 7) is 18.4. The fourth-order valence-electron chi connectivity index (χ4n) is 4.18.